The largest absolute Gasteiger partial charge is 0.350 e. The molecule has 0 aromatic carbocycles. The Hall–Kier alpha value is -2.37. The van der Waals surface area contributed by atoms with E-state index >= 15 is 0 Å². The Kier molecular flexibility index (Phi) is 5.13. The summed E-state index contributed by atoms with van der Waals surface area (Å²) in [6.07, 6.45) is 8.63. The van der Waals surface area contributed by atoms with Gasteiger partial charge in [-0.15, -0.1) is 0 Å². The Bertz CT molecular complexity index is 829. The third-order valence-electron chi connectivity index (χ3n) is 6.94. The Morgan fingerprint density at radius 3 is 2.75 bits per heavy atom. The van der Waals surface area contributed by atoms with E-state index in [4.69, 9.17) is 0 Å². The van der Waals surface area contributed by atoms with Crippen LogP contribution in [0, 0.1) is 17.3 Å². The SMILES string of the molecule is CCC(CC)C(=O)N1CCC2(CC1)CC2CNC(=O)c1cc2cnccc2[nH]1. The Balaban J connectivity index is 1.27. The summed E-state index contributed by atoms with van der Waals surface area (Å²) in [7, 11) is 0. The number of hydrogen-bond donors (Lipinski definition) is 2. The predicted octanol–water partition coefficient (Wildman–Crippen LogP) is 3.36. The van der Waals surface area contributed by atoms with Crippen molar-refractivity contribution in [1.29, 1.82) is 0 Å². The summed E-state index contributed by atoms with van der Waals surface area (Å²) in [4.78, 5) is 34.4. The van der Waals surface area contributed by atoms with Gasteiger partial charge in [-0.1, -0.05) is 13.8 Å². The van der Waals surface area contributed by atoms with Gasteiger partial charge in [-0.3, -0.25) is 14.6 Å². The van der Waals surface area contributed by atoms with Gasteiger partial charge in [-0.25, -0.2) is 0 Å². The highest BCUT2D eigenvalue weighted by Gasteiger charge is 2.54. The van der Waals surface area contributed by atoms with E-state index in [1.165, 1.54) is 0 Å². The summed E-state index contributed by atoms with van der Waals surface area (Å²) >= 11 is 0. The highest BCUT2D eigenvalue weighted by molar-refractivity contribution is 5.97. The number of rotatable bonds is 6. The van der Waals surface area contributed by atoms with Crippen molar-refractivity contribution in [2.45, 2.75) is 46.0 Å². The summed E-state index contributed by atoms with van der Waals surface area (Å²) in [5, 5.41) is 4.04. The van der Waals surface area contributed by atoms with Crippen LogP contribution in [0.4, 0.5) is 0 Å². The number of hydrogen-bond acceptors (Lipinski definition) is 3. The second-order valence-corrected chi connectivity index (χ2v) is 8.46. The van der Waals surface area contributed by atoms with Crippen molar-refractivity contribution in [3.63, 3.8) is 0 Å². The van der Waals surface area contributed by atoms with Crippen molar-refractivity contribution in [1.82, 2.24) is 20.2 Å². The fourth-order valence-electron chi connectivity index (χ4n) is 4.81. The molecule has 4 rings (SSSR count). The minimum absolute atomic E-state index is 0.0559. The molecule has 1 aliphatic carbocycles. The monoisotopic (exact) mass is 382 g/mol. The topological polar surface area (TPSA) is 78.1 Å². The smallest absolute Gasteiger partial charge is 0.267 e. The highest BCUT2D eigenvalue weighted by Crippen LogP contribution is 2.59. The molecule has 150 valence electrons. The average Bonchev–Trinajstić information content (AvgIpc) is 3.19. The van der Waals surface area contributed by atoms with E-state index in [2.05, 4.69) is 34.0 Å². The molecule has 1 atom stereocenters. The maximum absolute atomic E-state index is 12.6. The Morgan fingerprint density at radius 2 is 2.07 bits per heavy atom. The van der Waals surface area contributed by atoms with Gasteiger partial charge in [0.1, 0.15) is 5.69 Å². The van der Waals surface area contributed by atoms with Gasteiger partial charge in [-0.05, 0) is 55.6 Å². The molecule has 2 fully saturated rings. The zero-order chi connectivity index (χ0) is 19.7. The molecule has 0 radical (unpaired) electrons. The van der Waals surface area contributed by atoms with Crippen LogP contribution >= 0.6 is 0 Å². The lowest BCUT2D eigenvalue weighted by Gasteiger charge is -2.35. The van der Waals surface area contributed by atoms with Crippen LogP contribution in [0.25, 0.3) is 10.9 Å². The van der Waals surface area contributed by atoms with Crippen molar-refractivity contribution >= 4 is 22.7 Å². The molecule has 1 saturated heterocycles. The number of carbonyl (C=O) groups excluding carboxylic acids is 2. The fraction of sp³-hybridized carbons (Fsp3) is 0.591. The summed E-state index contributed by atoms with van der Waals surface area (Å²) < 4.78 is 0. The minimum Gasteiger partial charge on any atom is -0.350 e. The van der Waals surface area contributed by atoms with Crippen LogP contribution in [-0.2, 0) is 4.79 Å². The fourth-order valence-corrected chi connectivity index (χ4v) is 4.81. The number of nitrogens with zero attached hydrogens (tertiary/aromatic N) is 2. The minimum atomic E-state index is -0.0559. The van der Waals surface area contributed by atoms with Gasteiger partial charge in [0.2, 0.25) is 5.91 Å². The molecule has 28 heavy (non-hydrogen) atoms. The van der Waals surface area contributed by atoms with Gasteiger partial charge in [0.25, 0.3) is 5.91 Å². The van der Waals surface area contributed by atoms with Crippen molar-refractivity contribution in [2.75, 3.05) is 19.6 Å². The number of piperidine rings is 1. The van der Waals surface area contributed by atoms with Crippen molar-refractivity contribution in [2.24, 2.45) is 17.3 Å². The molecule has 1 unspecified atom stereocenters. The predicted molar refractivity (Wildman–Crippen MR) is 109 cm³/mol. The highest BCUT2D eigenvalue weighted by atomic mass is 16.2. The average molecular weight is 383 g/mol. The lowest BCUT2D eigenvalue weighted by molar-refractivity contribution is -0.137. The van der Waals surface area contributed by atoms with Gasteiger partial charge in [0.05, 0.1) is 0 Å². The maximum Gasteiger partial charge on any atom is 0.267 e. The molecular weight excluding hydrogens is 352 g/mol. The summed E-state index contributed by atoms with van der Waals surface area (Å²) in [5.41, 5.74) is 1.85. The molecule has 3 heterocycles. The van der Waals surface area contributed by atoms with Crippen molar-refractivity contribution in [3.8, 4) is 0 Å². The molecule has 2 N–H and O–H groups in total. The Labute approximate surface area is 166 Å². The van der Waals surface area contributed by atoms with Gasteiger partial charge in [0.15, 0.2) is 0 Å². The summed E-state index contributed by atoms with van der Waals surface area (Å²) in [5.74, 6) is 0.987. The van der Waals surface area contributed by atoms with Crippen LogP contribution in [0.15, 0.2) is 24.5 Å². The molecule has 1 spiro atoms. The molecule has 0 bridgehead atoms. The lowest BCUT2D eigenvalue weighted by atomic mass is 9.89. The standard InChI is InChI=1S/C22H30N4O2/c1-3-15(4-2)21(28)26-9-6-22(7-10-26)12-17(22)14-24-20(27)19-11-16-13-23-8-5-18(16)25-19/h5,8,11,13,15,17,25H,3-4,6-7,9-10,12,14H2,1-2H3,(H,24,27). The summed E-state index contributed by atoms with van der Waals surface area (Å²) in [6, 6.07) is 3.72. The number of fused-ring (bicyclic) bond motifs is 1. The number of aromatic amines is 1. The Morgan fingerprint density at radius 1 is 1.32 bits per heavy atom. The van der Waals surface area contributed by atoms with Gasteiger partial charge in [-0.2, -0.15) is 0 Å². The first kappa shape index (κ1) is 19.0. The molecule has 6 nitrogen and oxygen atoms in total. The second-order valence-electron chi connectivity index (χ2n) is 8.46. The molecule has 1 aliphatic heterocycles. The van der Waals surface area contributed by atoms with E-state index in [-0.39, 0.29) is 11.8 Å². The van der Waals surface area contributed by atoms with Gasteiger partial charge >= 0.3 is 0 Å². The van der Waals surface area contributed by atoms with E-state index in [0.717, 1.165) is 56.1 Å². The third-order valence-corrected chi connectivity index (χ3v) is 6.94. The van der Waals surface area contributed by atoms with E-state index < -0.39 is 0 Å². The zero-order valence-electron chi connectivity index (χ0n) is 16.8. The summed E-state index contributed by atoms with van der Waals surface area (Å²) in [6.45, 7) is 6.65. The van der Waals surface area contributed by atoms with Crippen LogP contribution in [0.3, 0.4) is 0 Å². The van der Waals surface area contributed by atoms with Gasteiger partial charge < -0.3 is 15.2 Å². The molecule has 1 saturated carbocycles. The first-order valence-electron chi connectivity index (χ1n) is 10.6. The number of H-pyrrole nitrogens is 1. The first-order chi connectivity index (χ1) is 13.6. The van der Waals surface area contributed by atoms with E-state index in [1.54, 1.807) is 12.4 Å². The number of pyridine rings is 1. The van der Waals surface area contributed by atoms with Crippen LogP contribution < -0.4 is 5.32 Å². The maximum atomic E-state index is 12.6. The van der Waals surface area contributed by atoms with Gasteiger partial charge in [0, 0.05) is 48.8 Å². The number of carbonyl (C=O) groups is 2. The van der Waals surface area contributed by atoms with Crippen LogP contribution in [0.5, 0.6) is 0 Å². The van der Waals surface area contributed by atoms with E-state index in [1.807, 2.05) is 12.1 Å². The molecular formula is C22H30N4O2. The zero-order valence-corrected chi connectivity index (χ0v) is 16.8. The molecule has 2 aliphatic rings. The first-order valence-corrected chi connectivity index (χ1v) is 10.6. The quantitative estimate of drug-likeness (QED) is 0.804. The molecule has 2 aromatic rings. The number of nitrogens with one attached hydrogen (secondary N) is 2. The number of likely N-dealkylation sites (tertiary alicyclic amines) is 1. The van der Waals surface area contributed by atoms with E-state index in [0.29, 0.717) is 29.5 Å². The second kappa shape index (κ2) is 7.57. The number of amides is 2. The van der Waals surface area contributed by atoms with Crippen LogP contribution in [0.1, 0.15) is 56.4 Å². The third kappa shape index (κ3) is 3.52. The number of aromatic nitrogens is 2. The lowest BCUT2D eigenvalue weighted by Crippen LogP contribution is -2.43. The van der Waals surface area contributed by atoms with E-state index in [9.17, 15) is 9.59 Å². The molecule has 6 heteroatoms. The molecule has 2 aromatic heterocycles. The normalized spacial score (nSPS) is 20.7. The van der Waals surface area contributed by atoms with Crippen molar-refractivity contribution in [3.05, 3.63) is 30.2 Å². The van der Waals surface area contributed by atoms with Crippen LogP contribution in [0.2, 0.25) is 0 Å². The van der Waals surface area contributed by atoms with Crippen molar-refractivity contribution < 1.29 is 9.59 Å². The molecule has 2 amide bonds. The van der Waals surface area contributed by atoms with Crippen LogP contribution in [-0.4, -0.2) is 46.3 Å².